The fourth-order valence-corrected chi connectivity index (χ4v) is 4.24. The van der Waals surface area contributed by atoms with Crippen molar-refractivity contribution in [3.63, 3.8) is 0 Å². The lowest BCUT2D eigenvalue weighted by Crippen LogP contribution is -2.35. The Morgan fingerprint density at radius 1 is 0.933 bits per heavy atom. The third-order valence-corrected chi connectivity index (χ3v) is 5.86. The second-order valence-electron chi connectivity index (χ2n) is 6.59. The van der Waals surface area contributed by atoms with E-state index < -0.39 is 12.1 Å². The fourth-order valence-electron chi connectivity index (χ4n) is 3.05. The molecule has 1 heterocycles. The highest BCUT2D eigenvalue weighted by molar-refractivity contribution is 7.99. The van der Waals surface area contributed by atoms with E-state index in [4.69, 9.17) is 21.1 Å². The van der Waals surface area contributed by atoms with Crippen LogP contribution in [0.25, 0.3) is 0 Å². The molecule has 0 aromatic heterocycles. The number of halogens is 1. The zero-order valence-corrected chi connectivity index (χ0v) is 17.7. The SMILES string of the molecule is CC(Oc1ccc(Cl)cc1)C(=O)OCC(=O)N1c2ccccc2Sc2ccccc21. The van der Waals surface area contributed by atoms with Crippen LogP contribution in [0.5, 0.6) is 5.75 Å². The van der Waals surface area contributed by atoms with E-state index in [1.165, 1.54) is 0 Å². The summed E-state index contributed by atoms with van der Waals surface area (Å²) in [6, 6.07) is 22.0. The normalized spacial score (nSPS) is 13.1. The minimum Gasteiger partial charge on any atom is -0.479 e. The van der Waals surface area contributed by atoms with Gasteiger partial charge in [-0.05, 0) is 55.5 Å². The van der Waals surface area contributed by atoms with Gasteiger partial charge in [-0.15, -0.1) is 0 Å². The van der Waals surface area contributed by atoms with Gasteiger partial charge in [0.2, 0.25) is 0 Å². The van der Waals surface area contributed by atoms with Crippen LogP contribution in [0, 0.1) is 0 Å². The lowest BCUT2D eigenvalue weighted by atomic mass is 10.2. The molecule has 30 heavy (non-hydrogen) atoms. The number of ether oxygens (including phenoxy) is 2. The van der Waals surface area contributed by atoms with Gasteiger partial charge in [-0.1, -0.05) is 47.6 Å². The van der Waals surface area contributed by atoms with E-state index >= 15 is 0 Å². The van der Waals surface area contributed by atoms with Crippen molar-refractivity contribution in [2.75, 3.05) is 11.5 Å². The number of anilines is 2. The number of hydrogen-bond donors (Lipinski definition) is 0. The number of hydrogen-bond acceptors (Lipinski definition) is 5. The molecule has 0 fully saturated rings. The first kappa shape index (κ1) is 20.3. The van der Waals surface area contributed by atoms with Crippen LogP contribution >= 0.6 is 23.4 Å². The maximum absolute atomic E-state index is 13.0. The lowest BCUT2D eigenvalue weighted by Gasteiger charge is -2.30. The van der Waals surface area contributed by atoms with Gasteiger partial charge in [-0.2, -0.15) is 0 Å². The first-order valence-corrected chi connectivity index (χ1v) is 10.5. The number of carbonyl (C=O) groups excluding carboxylic acids is 2. The summed E-state index contributed by atoms with van der Waals surface area (Å²) in [5.74, 6) is -0.459. The topological polar surface area (TPSA) is 55.8 Å². The van der Waals surface area contributed by atoms with E-state index in [2.05, 4.69) is 0 Å². The minimum atomic E-state index is -0.865. The Kier molecular flexibility index (Phi) is 5.97. The Morgan fingerprint density at radius 2 is 1.50 bits per heavy atom. The van der Waals surface area contributed by atoms with E-state index in [1.54, 1.807) is 47.9 Å². The van der Waals surface area contributed by atoms with Crippen molar-refractivity contribution in [1.82, 2.24) is 0 Å². The lowest BCUT2D eigenvalue weighted by molar-refractivity contribution is -0.154. The Balaban J connectivity index is 1.45. The van der Waals surface area contributed by atoms with E-state index in [-0.39, 0.29) is 12.5 Å². The highest BCUT2D eigenvalue weighted by Crippen LogP contribution is 2.47. The second-order valence-corrected chi connectivity index (χ2v) is 8.11. The molecule has 3 aromatic rings. The van der Waals surface area contributed by atoms with Crippen LogP contribution in [0.4, 0.5) is 11.4 Å². The summed E-state index contributed by atoms with van der Waals surface area (Å²) in [5, 5.41) is 0.573. The average molecular weight is 440 g/mol. The number of rotatable bonds is 5. The predicted molar refractivity (Wildman–Crippen MR) is 117 cm³/mol. The minimum absolute atomic E-state index is 0.331. The third kappa shape index (κ3) is 4.30. The largest absolute Gasteiger partial charge is 0.479 e. The highest BCUT2D eigenvalue weighted by Gasteiger charge is 2.29. The van der Waals surface area contributed by atoms with E-state index in [0.717, 1.165) is 21.2 Å². The first-order chi connectivity index (χ1) is 14.5. The molecule has 0 bridgehead atoms. The van der Waals surface area contributed by atoms with Crippen LogP contribution in [-0.2, 0) is 14.3 Å². The molecule has 0 spiro atoms. The van der Waals surface area contributed by atoms with Gasteiger partial charge in [0.15, 0.2) is 12.7 Å². The van der Waals surface area contributed by atoms with Crippen LogP contribution in [0.15, 0.2) is 82.6 Å². The summed E-state index contributed by atoms with van der Waals surface area (Å²) < 4.78 is 10.8. The number of para-hydroxylation sites is 2. The van der Waals surface area contributed by atoms with Crippen molar-refractivity contribution in [1.29, 1.82) is 0 Å². The van der Waals surface area contributed by atoms with Gasteiger partial charge in [-0.3, -0.25) is 9.69 Å². The van der Waals surface area contributed by atoms with Gasteiger partial charge in [-0.25, -0.2) is 4.79 Å². The number of amides is 1. The molecule has 1 aliphatic rings. The zero-order valence-electron chi connectivity index (χ0n) is 16.1. The van der Waals surface area contributed by atoms with Crippen molar-refractivity contribution < 1.29 is 19.1 Å². The van der Waals surface area contributed by atoms with Crippen molar-refractivity contribution in [2.45, 2.75) is 22.8 Å². The van der Waals surface area contributed by atoms with Crippen LogP contribution in [0.1, 0.15) is 6.92 Å². The molecule has 3 aromatic carbocycles. The smallest absolute Gasteiger partial charge is 0.347 e. The Labute approximate surface area is 183 Å². The highest BCUT2D eigenvalue weighted by atomic mass is 35.5. The monoisotopic (exact) mass is 439 g/mol. The molecule has 0 N–H and O–H groups in total. The molecule has 0 saturated heterocycles. The Morgan fingerprint density at radius 3 is 2.10 bits per heavy atom. The standard InChI is InChI=1S/C23H18ClNO4S/c1-15(29-17-12-10-16(24)11-13-17)23(27)28-14-22(26)25-18-6-2-4-8-20(18)30-21-9-5-3-7-19(21)25/h2-13,15H,14H2,1H3. The molecule has 1 unspecified atom stereocenters. The van der Waals surface area contributed by atoms with Gasteiger partial charge in [0.1, 0.15) is 5.75 Å². The summed E-state index contributed by atoms with van der Waals surface area (Å²) in [6.45, 7) is 1.18. The van der Waals surface area contributed by atoms with Gasteiger partial charge in [0.25, 0.3) is 5.91 Å². The average Bonchev–Trinajstić information content (AvgIpc) is 2.77. The molecule has 4 rings (SSSR count). The quantitative estimate of drug-likeness (QED) is 0.493. The van der Waals surface area contributed by atoms with Gasteiger partial charge < -0.3 is 9.47 Å². The summed E-state index contributed by atoms with van der Waals surface area (Å²) in [7, 11) is 0. The van der Waals surface area contributed by atoms with Gasteiger partial charge >= 0.3 is 5.97 Å². The van der Waals surface area contributed by atoms with Crippen LogP contribution in [-0.4, -0.2) is 24.6 Å². The van der Waals surface area contributed by atoms with Crippen molar-refractivity contribution in [3.05, 3.63) is 77.8 Å². The van der Waals surface area contributed by atoms with Gasteiger partial charge in [0, 0.05) is 14.8 Å². The third-order valence-electron chi connectivity index (χ3n) is 4.48. The number of esters is 1. The van der Waals surface area contributed by atoms with Gasteiger partial charge in [0.05, 0.1) is 11.4 Å². The molecule has 0 radical (unpaired) electrons. The molecule has 1 aliphatic heterocycles. The number of carbonyl (C=O) groups is 2. The molecule has 152 valence electrons. The van der Waals surface area contributed by atoms with Crippen molar-refractivity contribution in [2.24, 2.45) is 0 Å². The summed E-state index contributed by atoms with van der Waals surface area (Å²) in [4.78, 5) is 28.9. The van der Waals surface area contributed by atoms with Crippen LogP contribution in [0.3, 0.4) is 0 Å². The van der Waals surface area contributed by atoms with Crippen molar-refractivity contribution in [3.8, 4) is 5.75 Å². The maximum Gasteiger partial charge on any atom is 0.347 e. The molecule has 5 nitrogen and oxygen atoms in total. The van der Waals surface area contributed by atoms with Crippen molar-refractivity contribution >= 4 is 46.6 Å². The summed E-state index contributed by atoms with van der Waals surface area (Å²) in [6.07, 6.45) is -0.865. The zero-order chi connectivity index (χ0) is 21.1. The Hall–Kier alpha value is -2.96. The molecule has 0 saturated carbocycles. The Bertz CT molecular complexity index is 1040. The second kappa shape index (κ2) is 8.81. The fraction of sp³-hybridized carbons (Fsp3) is 0.130. The van der Waals surface area contributed by atoms with Crippen LogP contribution < -0.4 is 9.64 Å². The molecule has 1 atom stereocenters. The first-order valence-electron chi connectivity index (χ1n) is 9.30. The van der Waals surface area contributed by atoms with E-state index in [1.807, 2.05) is 48.5 Å². The maximum atomic E-state index is 13.0. The molecule has 0 aliphatic carbocycles. The molecule has 1 amide bonds. The molecular formula is C23H18ClNO4S. The van der Waals surface area contributed by atoms with Crippen LogP contribution in [0.2, 0.25) is 5.02 Å². The number of benzene rings is 3. The summed E-state index contributed by atoms with van der Waals surface area (Å²) >= 11 is 7.45. The summed E-state index contributed by atoms with van der Waals surface area (Å²) in [5.41, 5.74) is 1.54. The molecular weight excluding hydrogens is 422 g/mol. The predicted octanol–water partition coefficient (Wildman–Crippen LogP) is 5.48. The molecule has 7 heteroatoms. The van der Waals surface area contributed by atoms with E-state index in [0.29, 0.717) is 10.8 Å². The number of nitrogens with zero attached hydrogens (tertiary/aromatic N) is 1. The number of fused-ring (bicyclic) bond motifs is 2. The van der Waals surface area contributed by atoms with E-state index in [9.17, 15) is 9.59 Å².